The molecule has 0 saturated carbocycles. The van der Waals surface area contributed by atoms with E-state index in [4.69, 9.17) is 0 Å². The third-order valence-electron chi connectivity index (χ3n) is 4.89. The van der Waals surface area contributed by atoms with Gasteiger partial charge in [-0.2, -0.15) is 0 Å². The van der Waals surface area contributed by atoms with Crippen LogP contribution < -0.4 is 0 Å². The number of hydrogen-bond donors (Lipinski definition) is 0. The lowest BCUT2D eigenvalue weighted by Crippen LogP contribution is -2.40. The molecule has 25 heavy (non-hydrogen) atoms. The van der Waals surface area contributed by atoms with Crippen molar-refractivity contribution in [1.29, 1.82) is 0 Å². The summed E-state index contributed by atoms with van der Waals surface area (Å²) in [6.45, 7) is 1.64. The van der Waals surface area contributed by atoms with Gasteiger partial charge in [-0.05, 0) is 55.0 Å². The fourth-order valence-electron chi connectivity index (χ4n) is 3.65. The van der Waals surface area contributed by atoms with Gasteiger partial charge in [-0.15, -0.1) is 0 Å². The Hall–Kier alpha value is -2.75. The summed E-state index contributed by atoms with van der Waals surface area (Å²) in [6, 6.07) is 14.1. The molecule has 2 aromatic heterocycles. The Morgan fingerprint density at radius 1 is 1.16 bits per heavy atom. The maximum atomic E-state index is 12.6. The minimum absolute atomic E-state index is 0.0921. The van der Waals surface area contributed by atoms with Crippen molar-refractivity contribution in [2.45, 2.75) is 19.3 Å². The Labute approximate surface area is 147 Å². The van der Waals surface area contributed by atoms with E-state index in [0.29, 0.717) is 11.5 Å². The van der Waals surface area contributed by atoms with Gasteiger partial charge in [-0.1, -0.05) is 18.2 Å². The van der Waals surface area contributed by atoms with Crippen LogP contribution in [0.2, 0.25) is 0 Å². The summed E-state index contributed by atoms with van der Waals surface area (Å²) in [5.74, 6) is 0.576. The molecule has 1 atom stereocenters. The molecule has 1 fully saturated rings. The molecule has 0 radical (unpaired) electrons. The van der Waals surface area contributed by atoms with Gasteiger partial charge in [0.2, 0.25) is 0 Å². The van der Waals surface area contributed by atoms with E-state index in [1.165, 1.54) is 10.9 Å². The zero-order valence-corrected chi connectivity index (χ0v) is 14.1. The van der Waals surface area contributed by atoms with Crippen molar-refractivity contribution in [3.8, 4) is 0 Å². The molecular formula is C21H21N3O. The first kappa shape index (κ1) is 15.8. The molecule has 126 valence electrons. The predicted octanol–water partition coefficient (Wildman–Crippen LogP) is 3.72. The number of para-hydroxylation sites is 1. The number of fused-ring (bicyclic) bond motifs is 1. The average Bonchev–Trinajstić information content (AvgIpc) is 2.68. The van der Waals surface area contributed by atoms with Gasteiger partial charge in [0.05, 0.1) is 11.1 Å². The van der Waals surface area contributed by atoms with Crippen LogP contribution in [0.1, 0.15) is 28.8 Å². The summed E-state index contributed by atoms with van der Waals surface area (Å²) < 4.78 is 0. The molecule has 0 spiro atoms. The predicted molar refractivity (Wildman–Crippen MR) is 98.3 cm³/mol. The Morgan fingerprint density at radius 3 is 2.96 bits per heavy atom. The molecule has 4 nitrogen and oxygen atoms in total. The number of piperidine rings is 1. The maximum absolute atomic E-state index is 12.6. The molecule has 1 amide bonds. The lowest BCUT2D eigenvalue weighted by Gasteiger charge is -2.33. The van der Waals surface area contributed by atoms with Gasteiger partial charge in [0, 0.05) is 37.1 Å². The SMILES string of the molecule is O=C(c1cccnc1)N1CCCC(Cc2cnc3ccccc3c2)C1. The first-order valence-electron chi connectivity index (χ1n) is 8.82. The van der Waals surface area contributed by atoms with E-state index in [0.717, 1.165) is 37.9 Å². The normalized spacial score (nSPS) is 17.6. The highest BCUT2D eigenvalue weighted by atomic mass is 16.2. The molecule has 0 aliphatic carbocycles. The monoisotopic (exact) mass is 331 g/mol. The Kier molecular flexibility index (Phi) is 4.42. The molecular weight excluding hydrogens is 310 g/mol. The summed E-state index contributed by atoms with van der Waals surface area (Å²) in [5, 5.41) is 1.18. The zero-order valence-electron chi connectivity index (χ0n) is 14.1. The van der Waals surface area contributed by atoms with Crippen molar-refractivity contribution >= 4 is 16.8 Å². The average molecular weight is 331 g/mol. The lowest BCUT2D eigenvalue weighted by molar-refractivity contribution is 0.0673. The number of likely N-dealkylation sites (tertiary alicyclic amines) is 1. The Balaban J connectivity index is 1.46. The minimum Gasteiger partial charge on any atom is -0.338 e. The van der Waals surface area contributed by atoms with E-state index in [-0.39, 0.29) is 5.91 Å². The lowest BCUT2D eigenvalue weighted by atomic mass is 9.91. The van der Waals surface area contributed by atoms with Crippen LogP contribution in [-0.4, -0.2) is 33.9 Å². The summed E-state index contributed by atoms with van der Waals surface area (Å²) >= 11 is 0. The van der Waals surface area contributed by atoms with Crippen LogP contribution in [0.15, 0.2) is 61.1 Å². The van der Waals surface area contributed by atoms with Crippen LogP contribution in [-0.2, 0) is 6.42 Å². The van der Waals surface area contributed by atoms with Crippen molar-refractivity contribution in [2.75, 3.05) is 13.1 Å². The van der Waals surface area contributed by atoms with Gasteiger partial charge in [-0.3, -0.25) is 14.8 Å². The molecule has 3 aromatic rings. The van der Waals surface area contributed by atoms with Gasteiger partial charge < -0.3 is 4.90 Å². The van der Waals surface area contributed by atoms with Gasteiger partial charge in [0.25, 0.3) is 5.91 Å². The number of carbonyl (C=O) groups is 1. The van der Waals surface area contributed by atoms with Crippen molar-refractivity contribution < 1.29 is 4.79 Å². The van der Waals surface area contributed by atoms with Crippen LogP contribution in [0.5, 0.6) is 0 Å². The van der Waals surface area contributed by atoms with E-state index in [1.54, 1.807) is 12.4 Å². The molecule has 1 aliphatic rings. The fourth-order valence-corrected chi connectivity index (χ4v) is 3.65. The summed E-state index contributed by atoms with van der Waals surface area (Å²) in [7, 11) is 0. The van der Waals surface area contributed by atoms with E-state index in [9.17, 15) is 4.79 Å². The molecule has 3 heterocycles. The molecule has 1 aromatic carbocycles. The number of carbonyl (C=O) groups excluding carboxylic acids is 1. The second-order valence-corrected chi connectivity index (χ2v) is 6.74. The van der Waals surface area contributed by atoms with Crippen molar-refractivity contribution in [2.24, 2.45) is 5.92 Å². The van der Waals surface area contributed by atoms with Crippen LogP contribution in [0, 0.1) is 5.92 Å². The number of benzene rings is 1. The summed E-state index contributed by atoms with van der Waals surface area (Å²) in [5.41, 5.74) is 2.96. The first-order chi connectivity index (χ1) is 12.3. The molecule has 1 aliphatic heterocycles. The minimum atomic E-state index is 0.0921. The van der Waals surface area contributed by atoms with Crippen molar-refractivity contribution in [1.82, 2.24) is 14.9 Å². The zero-order chi connectivity index (χ0) is 17.1. The van der Waals surface area contributed by atoms with E-state index in [2.05, 4.69) is 22.1 Å². The molecule has 1 saturated heterocycles. The van der Waals surface area contributed by atoms with E-state index in [1.807, 2.05) is 41.4 Å². The van der Waals surface area contributed by atoms with Gasteiger partial charge in [0.1, 0.15) is 0 Å². The number of nitrogens with zero attached hydrogens (tertiary/aromatic N) is 3. The number of amides is 1. The first-order valence-corrected chi connectivity index (χ1v) is 8.82. The highest BCUT2D eigenvalue weighted by Gasteiger charge is 2.24. The van der Waals surface area contributed by atoms with Crippen LogP contribution in [0.25, 0.3) is 10.9 Å². The van der Waals surface area contributed by atoms with Crippen molar-refractivity contribution in [3.63, 3.8) is 0 Å². The molecule has 0 N–H and O–H groups in total. The second-order valence-electron chi connectivity index (χ2n) is 6.74. The summed E-state index contributed by atoms with van der Waals surface area (Å²) in [4.78, 5) is 23.2. The third-order valence-corrected chi connectivity index (χ3v) is 4.89. The fraction of sp³-hybridized carbons (Fsp3) is 0.286. The maximum Gasteiger partial charge on any atom is 0.255 e. The topological polar surface area (TPSA) is 46.1 Å². The van der Waals surface area contributed by atoms with Crippen LogP contribution in [0.4, 0.5) is 0 Å². The number of aromatic nitrogens is 2. The quantitative estimate of drug-likeness (QED) is 0.735. The number of pyridine rings is 2. The molecule has 0 bridgehead atoms. The highest BCUT2D eigenvalue weighted by molar-refractivity contribution is 5.93. The van der Waals surface area contributed by atoms with Gasteiger partial charge >= 0.3 is 0 Å². The largest absolute Gasteiger partial charge is 0.338 e. The highest BCUT2D eigenvalue weighted by Crippen LogP contribution is 2.23. The summed E-state index contributed by atoms with van der Waals surface area (Å²) in [6.07, 6.45) is 8.50. The second kappa shape index (κ2) is 7.01. The van der Waals surface area contributed by atoms with Gasteiger partial charge in [0.15, 0.2) is 0 Å². The van der Waals surface area contributed by atoms with E-state index < -0.39 is 0 Å². The van der Waals surface area contributed by atoms with Crippen molar-refractivity contribution in [3.05, 3.63) is 72.2 Å². The van der Waals surface area contributed by atoms with Gasteiger partial charge in [-0.25, -0.2) is 0 Å². The number of rotatable bonds is 3. The Morgan fingerprint density at radius 2 is 2.08 bits per heavy atom. The third kappa shape index (κ3) is 3.53. The molecule has 4 rings (SSSR count). The van der Waals surface area contributed by atoms with E-state index >= 15 is 0 Å². The smallest absolute Gasteiger partial charge is 0.255 e. The van der Waals surface area contributed by atoms with Crippen LogP contribution in [0.3, 0.4) is 0 Å². The molecule has 4 heteroatoms. The molecule has 1 unspecified atom stereocenters. The number of hydrogen-bond acceptors (Lipinski definition) is 3. The van der Waals surface area contributed by atoms with Crippen LogP contribution >= 0.6 is 0 Å². The standard InChI is InChI=1S/C21H21N3O/c25-21(19-7-3-9-22-14-19)24-10-4-5-16(15-24)11-17-12-18-6-1-2-8-20(18)23-13-17/h1-3,6-9,12-14,16H,4-5,10-11,15H2. The Bertz CT molecular complexity index is 878.